The molecule has 0 radical (unpaired) electrons. The van der Waals surface area contributed by atoms with Gasteiger partial charge in [-0.3, -0.25) is 0 Å². The van der Waals surface area contributed by atoms with Gasteiger partial charge >= 0.3 is 6.18 Å². The van der Waals surface area contributed by atoms with Crippen LogP contribution in [0.1, 0.15) is 5.56 Å². The van der Waals surface area contributed by atoms with Crippen LogP contribution >= 0.6 is 22.6 Å². The van der Waals surface area contributed by atoms with E-state index in [0.717, 1.165) is 12.1 Å². The maximum atomic E-state index is 12.2. The zero-order valence-corrected chi connectivity index (χ0v) is 8.76. The lowest BCUT2D eigenvalue weighted by Crippen LogP contribution is -2.09. The van der Waals surface area contributed by atoms with Crippen LogP contribution < -0.4 is 4.74 Å². The molecule has 0 N–H and O–H groups in total. The zero-order valence-electron chi connectivity index (χ0n) is 6.61. The van der Waals surface area contributed by atoms with Gasteiger partial charge in [0.1, 0.15) is 3.70 Å². The molecule has 0 amide bonds. The van der Waals surface area contributed by atoms with E-state index in [4.69, 9.17) is 0 Å². The molecule has 78 valence electrons. The van der Waals surface area contributed by atoms with Crippen LogP contribution in [0, 0.1) is 3.70 Å². The summed E-state index contributed by atoms with van der Waals surface area (Å²) in [5.41, 5.74) is -0.857. The first-order valence-electron chi connectivity index (χ1n) is 3.37. The van der Waals surface area contributed by atoms with Crippen molar-refractivity contribution in [2.45, 2.75) is 6.18 Å². The summed E-state index contributed by atoms with van der Waals surface area (Å²) in [6.45, 7) is -1.12. The molecule has 0 saturated carbocycles. The number of aromatic nitrogens is 1. The van der Waals surface area contributed by atoms with Gasteiger partial charge in [-0.15, -0.1) is 0 Å². The minimum atomic E-state index is -4.45. The summed E-state index contributed by atoms with van der Waals surface area (Å²) >= 11 is 1.42. The van der Waals surface area contributed by atoms with Gasteiger partial charge in [0, 0.05) is 6.07 Å². The molecule has 0 aliphatic carbocycles. The van der Waals surface area contributed by atoms with E-state index >= 15 is 0 Å². The summed E-state index contributed by atoms with van der Waals surface area (Å²) < 4.78 is 52.3. The van der Waals surface area contributed by atoms with Crippen molar-refractivity contribution < 1.29 is 22.3 Å². The number of hydrogen-bond acceptors (Lipinski definition) is 2. The maximum absolute atomic E-state index is 12.2. The quantitative estimate of drug-likeness (QED) is 0.475. The van der Waals surface area contributed by atoms with Crippen molar-refractivity contribution in [1.29, 1.82) is 0 Å². The van der Waals surface area contributed by atoms with Crippen molar-refractivity contribution in [3.8, 4) is 5.88 Å². The highest BCUT2D eigenvalue weighted by Gasteiger charge is 2.33. The molecule has 0 aliphatic heterocycles. The highest BCUT2D eigenvalue weighted by Crippen LogP contribution is 2.32. The first kappa shape index (κ1) is 11.5. The van der Waals surface area contributed by atoms with Crippen molar-refractivity contribution in [2.24, 2.45) is 0 Å². The average Bonchev–Trinajstić information content (AvgIpc) is 2.02. The van der Waals surface area contributed by atoms with Crippen LogP contribution in [0.4, 0.5) is 17.6 Å². The number of alkyl halides is 4. The summed E-state index contributed by atoms with van der Waals surface area (Å²) in [5, 5.41) is 0. The van der Waals surface area contributed by atoms with Crippen LogP contribution in [0.15, 0.2) is 12.1 Å². The number of halogens is 5. The van der Waals surface area contributed by atoms with Crippen LogP contribution in [0.3, 0.4) is 0 Å². The molecule has 0 aliphatic rings. The topological polar surface area (TPSA) is 22.1 Å². The second-order valence-corrected chi connectivity index (χ2v) is 3.26. The highest BCUT2D eigenvalue weighted by atomic mass is 127. The summed E-state index contributed by atoms with van der Waals surface area (Å²) in [6.07, 6.45) is -4.45. The van der Waals surface area contributed by atoms with Gasteiger partial charge in [-0.25, -0.2) is 9.37 Å². The smallest absolute Gasteiger partial charge is 0.418 e. The van der Waals surface area contributed by atoms with Crippen LogP contribution in [0.2, 0.25) is 0 Å². The number of nitrogens with zero attached hydrogens (tertiary/aromatic N) is 1. The van der Waals surface area contributed by atoms with Gasteiger partial charge < -0.3 is 4.74 Å². The number of rotatable bonds is 2. The minimum Gasteiger partial charge on any atom is -0.446 e. The lowest BCUT2D eigenvalue weighted by Gasteiger charge is -2.08. The molecule has 0 bridgehead atoms. The monoisotopic (exact) mass is 321 g/mol. The Labute approximate surface area is 90.4 Å². The van der Waals surface area contributed by atoms with E-state index < -0.39 is 18.6 Å². The van der Waals surface area contributed by atoms with Crippen molar-refractivity contribution in [3.63, 3.8) is 0 Å². The Bertz CT molecular complexity index is 328. The zero-order chi connectivity index (χ0) is 10.8. The Balaban J connectivity index is 3.02. The van der Waals surface area contributed by atoms with Crippen LogP contribution in [0.5, 0.6) is 5.88 Å². The first-order valence-corrected chi connectivity index (χ1v) is 4.45. The second kappa shape index (κ2) is 4.28. The molecular weight excluding hydrogens is 317 g/mol. The van der Waals surface area contributed by atoms with Crippen molar-refractivity contribution in [3.05, 3.63) is 21.4 Å². The molecule has 0 unspecified atom stereocenters. The minimum absolute atomic E-state index is 0.162. The number of ether oxygens (including phenoxy) is 1. The Kier molecular flexibility index (Phi) is 3.51. The van der Waals surface area contributed by atoms with E-state index in [2.05, 4.69) is 9.72 Å². The third-order valence-electron chi connectivity index (χ3n) is 1.33. The summed E-state index contributed by atoms with van der Waals surface area (Å²) in [4.78, 5) is 3.43. The summed E-state index contributed by atoms with van der Waals surface area (Å²) in [7, 11) is 0. The summed E-state index contributed by atoms with van der Waals surface area (Å²) in [6, 6.07) is 1.78. The second-order valence-electron chi connectivity index (χ2n) is 2.24. The van der Waals surface area contributed by atoms with E-state index in [1.165, 1.54) is 22.6 Å². The lowest BCUT2D eigenvalue weighted by atomic mass is 10.3. The Morgan fingerprint density at radius 3 is 2.43 bits per heavy atom. The molecule has 1 rings (SSSR count). The van der Waals surface area contributed by atoms with E-state index in [1.54, 1.807) is 0 Å². The Morgan fingerprint density at radius 1 is 1.36 bits per heavy atom. The maximum Gasteiger partial charge on any atom is 0.418 e. The molecule has 1 aromatic rings. The molecule has 1 heterocycles. The van der Waals surface area contributed by atoms with Gasteiger partial charge in [-0.2, -0.15) is 13.2 Å². The first-order chi connectivity index (χ1) is 6.45. The fourth-order valence-electron chi connectivity index (χ4n) is 0.765. The van der Waals surface area contributed by atoms with Gasteiger partial charge in [-0.1, -0.05) is 0 Å². The molecule has 1 aromatic heterocycles. The van der Waals surface area contributed by atoms with Gasteiger partial charge in [0.05, 0.1) is 5.56 Å². The largest absolute Gasteiger partial charge is 0.446 e. The third kappa shape index (κ3) is 2.69. The van der Waals surface area contributed by atoms with Crippen LogP contribution in [-0.4, -0.2) is 11.8 Å². The molecule has 0 atom stereocenters. The molecule has 14 heavy (non-hydrogen) atoms. The molecule has 0 saturated heterocycles. The van der Waals surface area contributed by atoms with E-state index in [-0.39, 0.29) is 9.58 Å². The van der Waals surface area contributed by atoms with Gasteiger partial charge in [0.15, 0.2) is 0 Å². The predicted octanol–water partition coefficient (Wildman–Crippen LogP) is 3.01. The third-order valence-corrected chi connectivity index (χ3v) is 2.15. The van der Waals surface area contributed by atoms with E-state index in [9.17, 15) is 17.6 Å². The normalized spacial score (nSPS) is 11.5. The van der Waals surface area contributed by atoms with Crippen molar-refractivity contribution in [1.82, 2.24) is 4.98 Å². The van der Waals surface area contributed by atoms with Gasteiger partial charge in [0.25, 0.3) is 0 Å². The van der Waals surface area contributed by atoms with Crippen LogP contribution in [-0.2, 0) is 6.18 Å². The predicted molar refractivity (Wildman–Crippen MR) is 48.6 cm³/mol. The molecule has 2 nitrogen and oxygen atoms in total. The highest BCUT2D eigenvalue weighted by molar-refractivity contribution is 14.1. The van der Waals surface area contributed by atoms with Gasteiger partial charge in [0.2, 0.25) is 12.7 Å². The number of hydrogen-bond donors (Lipinski definition) is 0. The fourth-order valence-corrected chi connectivity index (χ4v) is 1.49. The van der Waals surface area contributed by atoms with Crippen molar-refractivity contribution in [2.75, 3.05) is 6.86 Å². The van der Waals surface area contributed by atoms with E-state index in [0.29, 0.717) is 0 Å². The van der Waals surface area contributed by atoms with Crippen molar-refractivity contribution >= 4 is 22.6 Å². The molecule has 0 aromatic carbocycles. The molecular formula is C7H4F4INO. The van der Waals surface area contributed by atoms with E-state index in [1.807, 2.05) is 0 Å². The average molecular weight is 321 g/mol. The molecule has 0 spiro atoms. The van der Waals surface area contributed by atoms with Gasteiger partial charge in [-0.05, 0) is 28.7 Å². The lowest BCUT2D eigenvalue weighted by molar-refractivity contribution is -0.138. The number of pyridine rings is 1. The van der Waals surface area contributed by atoms with Crippen LogP contribution in [0.25, 0.3) is 0 Å². The molecule has 7 heteroatoms. The Hall–Kier alpha value is -0.600. The fraction of sp³-hybridized carbons (Fsp3) is 0.286. The summed E-state index contributed by atoms with van der Waals surface area (Å²) in [5.74, 6) is -0.162. The Morgan fingerprint density at radius 2 is 2.00 bits per heavy atom. The molecule has 0 fully saturated rings. The SMILES string of the molecule is FCOc1ccc(C(F)(F)F)c(I)n1. The standard InChI is InChI=1S/C7H4F4INO/c8-3-14-5-2-1-4(6(12)13-5)7(9,10)11/h1-2H,3H2.